The number of benzene rings is 3. The molecule has 6 nitrogen and oxygen atoms in total. The first-order valence-corrected chi connectivity index (χ1v) is 22.0. The maximum Gasteiger partial charge on any atom is 0.164 e. The maximum atomic E-state index is 11.6. The molecule has 0 aliphatic carbocycles. The van der Waals surface area contributed by atoms with Gasteiger partial charge < -0.3 is 9.80 Å². The van der Waals surface area contributed by atoms with E-state index in [1.807, 2.05) is 112 Å². The van der Waals surface area contributed by atoms with Crippen LogP contribution in [0.15, 0.2) is 158 Å². The Labute approximate surface area is 373 Å². The molecule has 0 saturated carbocycles. The van der Waals surface area contributed by atoms with Gasteiger partial charge in [-0.15, -0.1) is 0 Å². The van der Waals surface area contributed by atoms with Gasteiger partial charge in [-0.2, -0.15) is 5.26 Å². The molecule has 5 rings (SSSR count). The predicted octanol–water partition coefficient (Wildman–Crippen LogP) is 14.0. The van der Waals surface area contributed by atoms with E-state index in [2.05, 4.69) is 115 Å². The van der Waals surface area contributed by atoms with Crippen molar-refractivity contribution < 1.29 is 0 Å². The molecule has 4 aromatic rings. The van der Waals surface area contributed by atoms with E-state index in [1.165, 1.54) is 5.56 Å². The molecule has 0 saturated heterocycles. The fourth-order valence-corrected chi connectivity index (χ4v) is 8.60. The van der Waals surface area contributed by atoms with E-state index < -0.39 is 5.54 Å². The lowest BCUT2D eigenvalue weighted by molar-refractivity contribution is 0.0772. The molecule has 3 unspecified atom stereocenters. The van der Waals surface area contributed by atoms with Crippen LogP contribution in [0.3, 0.4) is 0 Å². The van der Waals surface area contributed by atoms with Crippen molar-refractivity contribution in [3.63, 3.8) is 0 Å². The zero-order valence-corrected chi connectivity index (χ0v) is 39.4. The lowest BCUT2D eigenvalue weighted by Gasteiger charge is -2.52. The molecule has 62 heavy (non-hydrogen) atoms. The van der Waals surface area contributed by atoms with Crippen LogP contribution in [0.5, 0.6) is 0 Å². The Kier molecular flexibility index (Phi) is 14.7. The van der Waals surface area contributed by atoms with Gasteiger partial charge in [0.1, 0.15) is 5.54 Å². The van der Waals surface area contributed by atoms with Crippen molar-refractivity contribution in [2.24, 2.45) is 16.7 Å². The average molecular weight is 825 g/mol. The first kappa shape index (κ1) is 47.0. The van der Waals surface area contributed by atoms with Crippen molar-refractivity contribution >= 4 is 11.3 Å². The van der Waals surface area contributed by atoms with E-state index in [4.69, 9.17) is 28.1 Å². The average Bonchev–Trinajstić information content (AvgIpc) is 3.24. The predicted molar refractivity (Wildman–Crippen MR) is 263 cm³/mol. The molecule has 0 bridgehead atoms. The largest absolute Gasteiger partial charge is 0.356 e. The van der Waals surface area contributed by atoms with Crippen LogP contribution in [0.2, 0.25) is 0 Å². The summed E-state index contributed by atoms with van der Waals surface area (Å²) >= 11 is 0. The van der Waals surface area contributed by atoms with E-state index in [0.29, 0.717) is 35.5 Å². The number of nitrogens with zero attached hydrogens (tertiary/aromatic N) is 6. The number of anilines is 1. The summed E-state index contributed by atoms with van der Waals surface area (Å²) in [4.78, 5) is 20.4. The Bertz CT molecular complexity index is 2370. The fourth-order valence-electron chi connectivity index (χ4n) is 8.60. The molecule has 0 spiro atoms. The summed E-state index contributed by atoms with van der Waals surface area (Å²) in [5.74, 6) is 1.84. The second kappa shape index (κ2) is 19.3. The molecule has 3 aromatic carbocycles. The van der Waals surface area contributed by atoms with E-state index in [9.17, 15) is 5.26 Å². The third kappa shape index (κ3) is 9.68. The highest BCUT2D eigenvalue weighted by molar-refractivity contribution is 5.80. The number of hydrogen-bond acceptors (Lipinski definition) is 6. The van der Waals surface area contributed by atoms with Crippen molar-refractivity contribution in [2.75, 3.05) is 18.0 Å². The van der Waals surface area contributed by atoms with Gasteiger partial charge in [0.2, 0.25) is 0 Å². The number of aryl methyl sites for hydroxylation is 1. The number of allylic oxidation sites excluding steroid dienone is 8. The fraction of sp³-hybridized carbons (Fsp3) is 0.357. The summed E-state index contributed by atoms with van der Waals surface area (Å²) in [6, 6.07) is 29.5. The van der Waals surface area contributed by atoms with Crippen LogP contribution in [-0.4, -0.2) is 38.5 Å². The van der Waals surface area contributed by atoms with Gasteiger partial charge in [-0.05, 0) is 85.6 Å². The van der Waals surface area contributed by atoms with E-state index in [1.54, 1.807) is 0 Å². The lowest BCUT2D eigenvalue weighted by atomic mass is 9.60. The minimum atomic E-state index is -1.22. The van der Waals surface area contributed by atoms with Crippen molar-refractivity contribution in [1.82, 2.24) is 19.9 Å². The van der Waals surface area contributed by atoms with Crippen LogP contribution in [0.25, 0.3) is 28.3 Å². The van der Waals surface area contributed by atoms with Gasteiger partial charge >= 0.3 is 0 Å². The molecule has 0 radical (unpaired) electrons. The van der Waals surface area contributed by atoms with Crippen LogP contribution in [0.1, 0.15) is 99.5 Å². The Morgan fingerprint density at radius 3 is 1.98 bits per heavy atom. The molecule has 1 aliphatic heterocycles. The summed E-state index contributed by atoms with van der Waals surface area (Å²) in [5.41, 5.74) is 6.55. The second-order valence-corrected chi connectivity index (χ2v) is 18.8. The lowest BCUT2D eigenvalue weighted by Crippen LogP contribution is -2.58. The highest BCUT2D eigenvalue weighted by Gasteiger charge is 2.50. The van der Waals surface area contributed by atoms with Crippen LogP contribution < -0.4 is 4.90 Å². The molecular formula is C56H68N6. The normalized spacial score (nSPS) is 19.5. The number of rotatable bonds is 12. The summed E-state index contributed by atoms with van der Waals surface area (Å²) in [6.07, 6.45) is 17.5. The standard InChI is InChI=1S/C56H68N6/c1-15-18-30-48(52-59-50(44-26-21-19-22-27-44)58-51(60-52)45-28-23-20-24-29-45)56(46(17-3)38-57,62-36-34-41(5)55(14,54(11,12)13)35-33-43(62)7)39-61(42(6)25-16-2)49-32-31-47(37-40(49)4)53(8,9)10/h15-33,35,37,41H,6-7,34,36,39H2,1-5,8-14H3/b18-15-,25-16-,35-33-,46-17-,48-30-. The third-order valence-corrected chi connectivity index (χ3v) is 13.0. The number of hydrogen-bond donors (Lipinski definition) is 0. The summed E-state index contributed by atoms with van der Waals surface area (Å²) in [6.45, 7) is 36.9. The molecule has 0 fully saturated rings. The molecule has 0 N–H and O–H groups in total. The highest BCUT2D eigenvalue weighted by Crippen LogP contribution is 2.50. The summed E-state index contributed by atoms with van der Waals surface area (Å²) in [5, 5.41) is 11.6. The Balaban J connectivity index is 1.97. The Morgan fingerprint density at radius 1 is 0.903 bits per heavy atom. The van der Waals surface area contributed by atoms with Crippen LogP contribution >= 0.6 is 0 Å². The van der Waals surface area contributed by atoms with Gasteiger partial charge in [-0.25, -0.2) is 15.0 Å². The Morgan fingerprint density at radius 2 is 1.50 bits per heavy atom. The van der Waals surface area contributed by atoms with Gasteiger partial charge in [0, 0.05) is 40.3 Å². The van der Waals surface area contributed by atoms with Crippen LogP contribution in [-0.2, 0) is 5.41 Å². The van der Waals surface area contributed by atoms with Gasteiger partial charge in [0.25, 0.3) is 0 Å². The zero-order valence-electron chi connectivity index (χ0n) is 39.4. The summed E-state index contributed by atoms with van der Waals surface area (Å²) < 4.78 is 0. The van der Waals surface area contributed by atoms with Gasteiger partial charge in [0.05, 0.1) is 18.2 Å². The van der Waals surface area contributed by atoms with Crippen LogP contribution in [0, 0.1) is 35.0 Å². The minimum absolute atomic E-state index is 0.00902. The molecule has 2 heterocycles. The second-order valence-electron chi connectivity index (χ2n) is 18.8. The molecule has 0 amide bonds. The zero-order chi connectivity index (χ0) is 45.5. The maximum absolute atomic E-state index is 11.6. The van der Waals surface area contributed by atoms with Gasteiger partial charge in [0.15, 0.2) is 17.5 Å². The van der Waals surface area contributed by atoms with Gasteiger partial charge in [-0.1, -0.05) is 178 Å². The topological polar surface area (TPSA) is 68.9 Å². The van der Waals surface area contributed by atoms with Crippen LogP contribution in [0.4, 0.5) is 5.69 Å². The molecule has 1 aromatic heterocycles. The first-order valence-electron chi connectivity index (χ1n) is 22.0. The minimum Gasteiger partial charge on any atom is -0.356 e. The van der Waals surface area contributed by atoms with Crippen molar-refractivity contribution in [3.8, 4) is 28.8 Å². The molecule has 6 heteroatoms. The number of aromatic nitrogens is 3. The van der Waals surface area contributed by atoms with Crippen molar-refractivity contribution in [2.45, 2.75) is 100 Å². The summed E-state index contributed by atoms with van der Waals surface area (Å²) in [7, 11) is 0. The van der Waals surface area contributed by atoms with E-state index >= 15 is 0 Å². The smallest absolute Gasteiger partial charge is 0.164 e. The van der Waals surface area contributed by atoms with Crippen molar-refractivity contribution in [1.29, 1.82) is 5.26 Å². The van der Waals surface area contributed by atoms with Crippen molar-refractivity contribution in [3.05, 3.63) is 175 Å². The van der Waals surface area contributed by atoms with E-state index in [-0.39, 0.29) is 22.8 Å². The Hall–Kier alpha value is -6.06. The molecular weight excluding hydrogens is 757 g/mol. The van der Waals surface area contributed by atoms with Gasteiger partial charge in [-0.3, -0.25) is 0 Å². The third-order valence-electron chi connectivity index (χ3n) is 13.0. The van der Waals surface area contributed by atoms with E-state index in [0.717, 1.165) is 45.8 Å². The SMILES string of the molecule is C=C(/C=C\C)N(CC(/C(C#N)=C\C)(/C(=C\C=C/C)c1nc(-c2ccccc2)nc(-c2ccccc2)n1)N1CCC(C)C(C)(C(C)(C)C)/C=C\C1=C)c1ccc(C(C)(C)C)cc1C. The molecule has 3 atom stereocenters. The molecule has 1 aliphatic rings. The molecule has 322 valence electrons. The highest BCUT2D eigenvalue weighted by atomic mass is 15.3. The first-order chi connectivity index (χ1) is 29.4. The number of nitriles is 1. The quantitative estimate of drug-likeness (QED) is 0.105. The monoisotopic (exact) mass is 825 g/mol.